The molecule has 3 heterocycles. The zero-order chi connectivity index (χ0) is 18.4. The van der Waals surface area contributed by atoms with E-state index in [2.05, 4.69) is 20.9 Å². The Labute approximate surface area is 162 Å². The number of hydrogen-bond donors (Lipinski definition) is 1. The summed E-state index contributed by atoms with van der Waals surface area (Å²) in [5.74, 6) is 0.604. The van der Waals surface area contributed by atoms with Crippen molar-refractivity contribution in [2.24, 2.45) is 0 Å². The van der Waals surface area contributed by atoms with E-state index < -0.39 is 0 Å². The maximum atomic E-state index is 12.8. The van der Waals surface area contributed by atoms with Crippen LogP contribution >= 0.6 is 27.3 Å². The SMILES string of the molecule is Cc1cc(-c2ccc(Br)cc2)nc2sc3c(=O)n(CCO)c(C)nc3c12. The third-order valence-electron chi connectivity index (χ3n) is 4.40. The lowest BCUT2D eigenvalue weighted by molar-refractivity contribution is 0.272. The van der Waals surface area contributed by atoms with E-state index in [-0.39, 0.29) is 18.7 Å². The molecule has 1 N–H and O–H groups in total. The number of aliphatic hydroxyl groups excluding tert-OH is 1. The van der Waals surface area contributed by atoms with E-state index in [9.17, 15) is 9.90 Å². The third-order valence-corrected chi connectivity index (χ3v) is 5.99. The maximum Gasteiger partial charge on any atom is 0.271 e. The van der Waals surface area contributed by atoms with Crippen molar-refractivity contribution in [3.05, 3.63) is 56.5 Å². The molecule has 0 bridgehead atoms. The highest BCUT2D eigenvalue weighted by Gasteiger charge is 2.17. The number of halogens is 1. The first kappa shape index (κ1) is 17.3. The van der Waals surface area contributed by atoms with Crippen LogP contribution in [0.5, 0.6) is 0 Å². The summed E-state index contributed by atoms with van der Waals surface area (Å²) in [7, 11) is 0. The molecule has 0 spiro atoms. The van der Waals surface area contributed by atoms with Crippen LogP contribution in [0.4, 0.5) is 0 Å². The molecule has 4 rings (SSSR count). The molecule has 0 atom stereocenters. The van der Waals surface area contributed by atoms with Gasteiger partial charge in [-0.15, -0.1) is 11.3 Å². The van der Waals surface area contributed by atoms with Crippen molar-refractivity contribution in [3.8, 4) is 11.3 Å². The summed E-state index contributed by atoms with van der Waals surface area (Å²) < 4.78 is 3.12. The number of benzene rings is 1. The number of aromatic nitrogens is 3. The summed E-state index contributed by atoms with van der Waals surface area (Å²) in [6.07, 6.45) is 0. The number of aryl methyl sites for hydroxylation is 2. The Morgan fingerprint density at radius 2 is 1.92 bits per heavy atom. The Kier molecular flexibility index (Phi) is 4.38. The van der Waals surface area contributed by atoms with Crippen molar-refractivity contribution >= 4 is 47.7 Å². The summed E-state index contributed by atoms with van der Waals surface area (Å²) in [4.78, 5) is 23.0. The van der Waals surface area contributed by atoms with E-state index >= 15 is 0 Å². The van der Waals surface area contributed by atoms with Gasteiger partial charge in [-0.1, -0.05) is 28.1 Å². The van der Waals surface area contributed by atoms with Crippen LogP contribution in [0.15, 0.2) is 39.6 Å². The van der Waals surface area contributed by atoms with Gasteiger partial charge >= 0.3 is 0 Å². The molecule has 0 unspecified atom stereocenters. The molecule has 4 aromatic rings. The quantitative estimate of drug-likeness (QED) is 0.533. The molecular formula is C19H16BrN3O2S. The summed E-state index contributed by atoms with van der Waals surface area (Å²) in [5.41, 5.74) is 3.53. The lowest BCUT2D eigenvalue weighted by atomic mass is 10.1. The number of rotatable bonds is 3. The highest BCUT2D eigenvalue weighted by Crippen LogP contribution is 2.34. The number of nitrogens with zero attached hydrogens (tertiary/aromatic N) is 3. The molecule has 0 amide bonds. The lowest BCUT2D eigenvalue weighted by Crippen LogP contribution is -2.24. The molecule has 3 aromatic heterocycles. The smallest absolute Gasteiger partial charge is 0.271 e. The minimum Gasteiger partial charge on any atom is -0.395 e. The Hall–Kier alpha value is -2.09. The number of pyridine rings is 1. The van der Waals surface area contributed by atoms with E-state index in [1.165, 1.54) is 15.9 Å². The summed E-state index contributed by atoms with van der Waals surface area (Å²) >= 11 is 4.81. The minimum atomic E-state index is -0.117. The molecule has 0 aliphatic carbocycles. The van der Waals surface area contributed by atoms with Gasteiger partial charge in [0.25, 0.3) is 5.56 Å². The number of fused-ring (bicyclic) bond motifs is 3. The third kappa shape index (κ3) is 2.76. The minimum absolute atomic E-state index is 0.0934. The van der Waals surface area contributed by atoms with Crippen molar-refractivity contribution in [2.45, 2.75) is 20.4 Å². The van der Waals surface area contributed by atoms with Crippen LogP contribution < -0.4 is 5.56 Å². The van der Waals surface area contributed by atoms with E-state index in [4.69, 9.17) is 4.98 Å². The van der Waals surface area contributed by atoms with Gasteiger partial charge < -0.3 is 5.11 Å². The van der Waals surface area contributed by atoms with Gasteiger partial charge in [0.1, 0.15) is 15.4 Å². The second kappa shape index (κ2) is 6.57. The van der Waals surface area contributed by atoms with Crippen LogP contribution in [0, 0.1) is 13.8 Å². The first-order chi connectivity index (χ1) is 12.5. The first-order valence-electron chi connectivity index (χ1n) is 8.17. The standard InChI is InChI=1S/C19H16BrN3O2S/c1-10-9-14(12-3-5-13(20)6-4-12)22-18-15(10)16-17(26-18)19(25)23(7-8-24)11(2)21-16/h3-6,9,24H,7-8H2,1-2H3. The van der Waals surface area contributed by atoms with Crippen LogP contribution in [0.25, 0.3) is 31.7 Å². The predicted molar refractivity (Wildman–Crippen MR) is 109 cm³/mol. The lowest BCUT2D eigenvalue weighted by Gasteiger charge is -2.07. The molecule has 26 heavy (non-hydrogen) atoms. The monoisotopic (exact) mass is 429 g/mol. The van der Waals surface area contributed by atoms with Gasteiger partial charge in [-0.25, -0.2) is 9.97 Å². The zero-order valence-electron chi connectivity index (χ0n) is 14.3. The predicted octanol–water partition coefficient (Wildman–Crippen LogP) is 4.04. The van der Waals surface area contributed by atoms with Crippen molar-refractivity contribution in [2.75, 3.05) is 6.61 Å². The summed E-state index contributed by atoms with van der Waals surface area (Å²) in [5, 5.41) is 10.1. The summed E-state index contributed by atoms with van der Waals surface area (Å²) in [6, 6.07) is 10.0. The molecule has 0 saturated carbocycles. The molecule has 5 nitrogen and oxygen atoms in total. The molecule has 0 fully saturated rings. The van der Waals surface area contributed by atoms with Gasteiger partial charge in [0, 0.05) is 15.4 Å². The van der Waals surface area contributed by atoms with E-state index in [0.29, 0.717) is 16.0 Å². The topological polar surface area (TPSA) is 68.0 Å². The highest BCUT2D eigenvalue weighted by atomic mass is 79.9. The molecule has 0 radical (unpaired) electrons. The fraction of sp³-hybridized carbons (Fsp3) is 0.211. The van der Waals surface area contributed by atoms with Crippen LogP contribution in [0.1, 0.15) is 11.4 Å². The van der Waals surface area contributed by atoms with E-state index in [1.807, 2.05) is 37.3 Å². The number of thiophene rings is 1. The Balaban J connectivity index is 2.00. The van der Waals surface area contributed by atoms with Crippen molar-refractivity contribution in [1.82, 2.24) is 14.5 Å². The average molecular weight is 430 g/mol. The van der Waals surface area contributed by atoms with Gasteiger partial charge in [0.15, 0.2) is 0 Å². The molecule has 0 aliphatic rings. The van der Waals surface area contributed by atoms with Gasteiger partial charge in [-0.3, -0.25) is 9.36 Å². The van der Waals surface area contributed by atoms with Crippen LogP contribution in [-0.2, 0) is 6.54 Å². The molecule has 0 saturated heterocycles. The van der Waals surface area contributed by atoms with Crippen molar-refractivity contribution in [1.29, 1.82) is 0 Å². The maximum absolute atomic E-state index is 12.8. The average Bonchev–Trinajstić information content (AvgIpc) is 2.98. The Bertz CT molecular complexity index is 1200. The largest absolute Gasteiger partial charge is 0.395 e. The Morgan fingerprint density at radius 1 is 1.19 bits per heavy atom. The summed E-state index contributed by atoms with van der Waals surface area (Å²) in [6.45, 7) is 3.97. The number of hydrogen-bond acceptors (Lipinski definition) is 5. The van der Waals surface area contributed by atoms with Crippen molar-refractivity contribution < 1.29 is 5.11 Å². The zero-order valence-corrected chi connectivity index (χ0v) is 16.7. The second-order valence-corrected chi connectivity index (χ2v) is 8.05. The van der Waals surface area contributed by atoms with E-state index in [1.54, 1.807) is 6.92 Å². The van der Waals surface area contributed by atoms with Crippen LogP contribution in [-0.4, -0.2) is 26.2 Å². The molecule has 132 valence electrons. The fourth-order valence-electron chi connectivity index (χ4n) is 3.14. The number of aliphatic hydroxyl groups is 1. The van der Waals surface area contributed by atoms with E-state index in [0.717, 1.165) is 31.5 Å². The van der Waals surface area contributed by atoms with Crippen molar-refractivity contribution in [3.63, 3.8) is 0 Å². The van der Waals surface area contributed by atoms with Crippen LogP contribution in [0.2, 0.25) is 0 Å². The van der Waals surface area contributed by atoms with Gasteiger partial charge in [-0.2, -0.15) is 0 Å². The highest BCUT2D eigenvalue weighted by molar-refractivity contribution is 9.10. The molecular weight excluding hydrogens is 414 g/mol. The molecule has 0 aliphatic heterocycles. The molecule has 1 aromatic carbocycles. The second-order valence-electron chi connectivity index (χ2n) is 6.13. The Morgan fingerprint density at radius 3 is 2.62 bits per heavy atom. The fourth-order valence-corrected chi connectivity index (χ4v) is 4.54. The van der Waals surface area contributed by atoms with Gasteiger partial charge in [-0.05, 0) is 37.6 Å². The van der Waals surface area contributed by atoms with Crippen LogP contribution in [0.3, 0.4) is 0 Å². The van der Waals surface area contributed by atoms with Gasteiger partial charge in [0.05, 0.1) is 24.4 Å². The molecule has 7 heteroatoms. The normalized spacial score (nSPS) is 11.5. The first-order valence-corrected chi connectivity index (χ1v) is 9.78. The van der Waals surface area contributed by atoms with Gasteiger partial charge in [0.2, 0.25) is 0 Å².